The molecule has 0 spiro atoms. The Morgan fingerprint density at radius 2 is 1.35 bits per heavy atom. The fraction of sp³-hybridized carbons (Fsp3) is 0.200. The number of rotatable bonds is 12. The normalized spacial score (nSPS) is 11.0. The number of anilines is 2. The molecule has 0 heterocycles. The minimum atomic E-state index is -0.467. The molecule has 1 amide bonds. The van der Waals surface area contributed by atoms with E-state index in [-0.39, 0.29) is 12.5 Å². The highest BCUT2D eigenvalue weighted by molar-refractivity contribution is 6.29. The van der Waals surface area contributed by atoms with Gasteiger partial charge in [-0.05, 0) is 72.5 Å². The number of hydrogen-bond acceptors (Lipinski definition) is 7. The van der Waals surface area contributed by atoms with E-state index in [0.29, 0.717) is 57.4 Å². The Labute approximate surface area is 252 Å². The number of esters is 1. The van der Waals surface area contributed by atoms with Crippen LogP contribution in [-0.4, -0.2) is 46.4 Å². The molecule has 43 heavy (non-hydrogen) atoms. The van der Waals surface area contributed by atoms with Crippen LogP contribution < -0.4 is 24.8 Å². The first kappa shape index (κ1) is 30.7. The Kier molecular flexibility index (Phi) is 10.4. The van der Waals surface area contributed by atoms with Crippen LogP contribution in [0.15, 0.2) is 84.9 Å². The molecule has 4 aromatic carbocycles. The van der Waals surface area contributed by atoms with Gasteiger partial charge in [0.15, 0.2) is 11.5 Å². The summed E-state index contributed by atoms with van der Waals surface area (Å²) in [6.45, 7) is 4.57. The quantitative estimate of drug-likeness (QED) is 0.104. The van der Waals surface area contributed by atoms with Crippen molar-refractivity contribution in [2.45, 2.75) is 13.8 Å². The van der Waals surface area contributed by atoms with Crippen LogP contribution in [0.3, 0.4) is 0 Å². The summed E-state index contributed by atoms with van der Waals surface area (Å²) in [5, 5.41) is 6.26. The van der Waals surface area contributed by atoms with E-state index in [2.05, 4.69) is 10.6 Å². The van der Waals surface area contributed by atoms with Crippen LogP contribution >= 0.6 is 0 Å². The van der Waals surface area contributed by atoms with Gasteiger partial charge in [0.05, 0.1) is 44.9 Å². The van der Waals surface area contributed by atoms with Gasteiger partial charge in [0.25, 0.3) is 5.91 Å². The Hall–Kier alpha value is -5.24. The van der Waals surface area contributed by atoms with Crippen LogP contribution in [0.5, 0.6) is 17.2 Å². The van der Waals surface area contributed by atoms with E-state index in [4.69, 9.17) is 18.9 Å². The molecule has 0 aromatic heterocycles. The number of nitrogens with one attached hydrogen (secondary N) is 2. The average Bonchev–Trinajstić information content (AvgIpc) is 3.04. The summed E-state index contributed by atoms with van der Waals surface area (Å²) < 4.78 is 21.7. The van der Waals surface area contributed by atoms with Crippen LogP contribution in [0.1, 0.15) is 35.3 Å². The zero-order chi connectivity index (χ0) is 30.8. The first-order chi connectivity index (χ1) is 20.9. The molecule has 8 nitrogen and oxygen atoms in total. The molecule has 0 saturated carbocycles. The molecule has 4 aromatic rings. The number of amides is 1. The van der Waals surface area contributed by atoms with Crippen molar-refractivity contribution in [2.24, 2.45) is 0 Å². The molecule has 222 valence electrons. The molecule has 0 atom stereocenters. The lowest BCUT2D eigenvalue weighted by Crippen LogP contribution is -2.16. The molecule has 2 N–H and O–H groups in total. The highest BCUT2D eigenvalue weighted by Gasteiger charge is 2.19. The Morgan fingerprint density at radius 1 is 0.721 bits per heavy atom. The standard InChI is InChI=1S/C35H36N2O6/c1-6-36-29-18-17-27(35(39)43-7-2)22-30(29)37-34(38)28(19-23-20-31(40-3)33(42-5)32(21-23)41-4)26-15-13-25(14-16-26)24-11-9-8-10-12-24/h8-22,36H,6-7H2,1-5H3,(H,37,38)/b28-19+. The lowest BCUT2D eigenvalue weighted by molar-refractivity contribution is -0.111. The number of hydrogen-bond donors (Lipinski definition) is 2. The van der Waals surface area contributed by atoms with Gasteiger partial charge >= 0.3 is 5.97 Å². The summed E-state index contributed by atoms with van der Waals surface area (Å²) in [5.41, 5.74) is 5.30. The van der Waals surface area contributed by atoms with Gasteiger partial charge in [0.2, 0.25) is 5.75 Å². The maximum Gasteiger partial charge on any atom is 0.338 e. The number of carbonyl (C=O) groups is 2. The molecule has 0 aliphatic carbocycles. The van der Waals surface area contributed by atoms with Gasteiger partial charge in [0, 0.05) is 12.1 Å². The van der Waals surface area contributed by atoms with E-state index >= 15 is 0 Å². The predicted octanol–water partition coefficient (Wildman–Crippen LogP) is 7.17. The van der Waals surface area contributed by atoms with Crippen LogP contribution in [0.25, 0.3) is 22.8 Å². The van der Waals surface area contributed by atoms with E-state index < -0.39 is 5.97 Å². The second kappa shape index (κ2) is 14.6. The molecular weight excluding hydrogens is 544 g/mol. The van der Waals surface area contributed by atoms with Crippen molar-refractivity contribution in [1.82, 2.24) is 0 Å². The largest absolute Gasteiger partial charge is 0.493 e. The third-order valence-corrected chi connectivity index (χ3v) is 6.69. The molecule has 0 fully saturated rings. The van der Waals surface area contributed by atoms with Crippen molar-refractivity contribution in [2.75, 3.05) is 45.1 Å². The van der Waals surface area contributed by atoms with E-state index in [1.54, 1.807) is 57.6 Å². The van der Waals surface area contributed by atoms with Crippen molar-refractivity contribution in [3.05, 3.63) is 102 Å². The highest BCUT2D eigenvalue weighted by atomic mass is 16.5. The molecule has 0 bridgehead atoms. The van der Waals surface area contributed by atoms with Crippen molar-refractivity contribution in [3.8, 4) is 28.4 Å². The molecule has 4 rings (SSSR count). The van der Waals surface area contributed by atoms with Crippen LogP contribution in [0.4, 0.5) is 11.4 Å². The maximum atomic E-state index is 14.1. The Morgan fingerprint density at radius 3 is 1.93 bits per heavy atom. The van der Waals surface area contributed by atoms with Crippen molar-refractivity contribution in [1.29, 1.82) is 0 Å². The van der Waals surface area contributed by atoms with Gasteiger partial charge in [-0.1, -0.05) is 54.6 Å². The average molecular weight is 581 g/mol. The molecule has 0 radical (unpaired) electrons. The molecule has 0 saturated heterocycles. The van der Waals surface area contributed by atoms with E-state index in [0.717, 1.165) is 11.1 Å². The maximum absolute atomic E-state index is 14.1. The minimum Gasteiger partial charge on any atom is -0.493 e. The lowest BCUT2D eigenvalue weighted by Gasteiger charge is -2.16. The summed E-state index contributed by atoms with van der Waals surface area (Å²) in [7, 11) is 4.62. The zero-order valence-corrected chi connectivity index (χ0v) is 25.0. The molecule has 0 aliphatic heterocycles. The first-order valence-corrected chi connectivity index (χ1v) is 14.0. The Balaban J connectivity index is 1.81. The number of ether oxygens (including phenoxy) is 4. The third-order valence-electron chi connectivity index (χ3n) is 6.69. The smallest absolute Gasteiger partial charge is 0.338 e. The van der Waals surface area contributed by atoms with Gasteiger partial charge < -0.3 is 29.6 Å². The number of benzene rings is 4. The van der Waals surface area contributed by atoms with Crippen molar-refractivity contribution in [3.63, 3.8) is 0 Å². The van der Waals surface area contributed by atoms with E-state index in [1.807, 2.05) is 61.5 Å². The first-order valence-electron chi connectivity index (χ1n) is 14.0. The summed E-state index contributed by atoms with van der Waals surface area (Å²) in [5.74, 6) is 0.534. The zero-order valence-electron chi connectivity index (χ0n) is 25.0. The number of methoxy groups -OCH3 is 3. The molecular formula is C35H36N2O6. The molecule has 0 unspecified atom stereocenters. The topological polar surface area (TPSA) is 95.1 Å². The lowest BCUT2D eigenvalue weighted by atomic mass is 9.98. The summed E-state index contributed by atoms with van der Waals surface area (Å²) in [6.07, 6.45) is 1.76. The fourth-order valence-electron chi connectivity index (χ4n) is 4.63. The predicted molar refractivity (Wildman–Crippen MR) is 171 cm³/mol. The van der Waals surface area contributed by atoms with E-state index in [1.165, 1.54) is 7.11 Å². The minimum absolute atomic E-state index is 0.246. The fourth-order valence-corrected chi connectivity index (χ4v) is 4.63. The van der Waals surface area contributed by atoms with Gasteiger partial charge in [-0.25, -0.2) is 4.79 Å². The van der Waals surface area contributed by atoms with Gasteiger partial charge in [-0.15, -0.1) is 0 Å². The summed E-state index contributed by atoms with van der Waals surface area (Å²) >= 11 is 0. The Bertz CT molecular complexity index is 1570. The molecule has 8 heteroatoms. The SMILES string of the molecule is CCNc1ccc(C(=O)OCC)cc1NC(=O)/C(=C/c1cc(OC)c(OC)c(OC)c1)c1ccc(-c2ccccc2)cc1. The third kappa shape index (κ3) is 7.35. The second-order valence-corrected chi connectivity index (χ2v) is 9.43. The summed E-state index contributed by atoms with van der Waals surface area (Å²) in [6, 6.07) is 26.4. The van der Waals surface area contributed by atoms with Gasteiger partial charge in [0.1, 0.15) is 0 Å². The monoisotopic (exact) mass is 580 g/mol. The number of carbonyl (C=O) groups excluding carboxylic acids is 2. The van der Waals surface area contributed by atoms with Crippen LogP contribution in [-0.2, 0) is 9.53 Å². The van der Waals surface area contributed by atoms with Crippen molar-refractivity contribution < 1.29 is 28.5 Å². The van der Waals surface area contributed by atoms with Crippen molar-refractivity contribution >= 4 is 34.9 Å². The van der Waals surface area contributed by atoms with Crippen LogP contribution in [0, 0.1) is 0 Å². The highest BCUT2D eigenvalue weighted by Crippen LogP contribution is 2.39. The van der Waals surface area contributed by atoms with Gasteiger partial charge in [-0.2, -0.15) is 0 Å². The van der Waals surface area contributed by atoms with Gasteiger partial charge in [-0.3, -0.25) is 4.79 Å². The van der Waals surface area contributed by atoms with E-state index in [9.17, 15) is 9.59 Å². The van der Waals surface area contributed by atoms with Crippen LogP contribution in [0.2, 0.25) is 0 Å². The second-order valence-electron chi connectivity index (χ2n) is 9.43. The summed E-state index contributed by atoms with van der Waals surface area (Å²) in [4.78, 5) is 26.5. The molecule has 0 aliphatic rings.